The van der Waals surface area contributed by atoms with Gasteiger partial charge in [0.2, 0.25) is 0 Å². The Morgan fingerprint density at radius 3 is 2.81 bits per heavy atom. The van der Waals surface area contributed by atoms with Crippen LogP contribution in [0.2, 0.25) is 5.02 Å². The van der Waals surface area contributed by atoms with Crippen molar-refractivity contribution < 1.29 is 0 Å². The van der Waals surface area contributed by atoms with Gasteiger partial charge in [0, 0.05) is 23.2 Å². The number of fused-ring (bicyclic) bond motifs is 1. The molecule has 82 valence electrons. The highest BCUT2D eigenvalue weighted by atomic mass is 35.5. The van der Waals surface area contributed by atoms with Gasteiger partial charge in [-0.25, -0.2) is 4.98 Å². The van der Waals surface area contributed by atoms with Gasteiger partial charge in [0.15, 0.2) is 0 Å². The van der Waals surface area contributed by atoms with E-state index < -0.39 is 0 Å². The Bertz CT molecular complexity index is 516. The van der Waals surface area contributed by atoms with Gasteiger partial charge in [-0.05, 0) is 18.6 Å². The molecule has 0 aliphatic carbocycles. The average molecular weight is 234 g/mol. The van der Waals surface area contributed by atoms with Gasteiger partial charge in [0.05, 0.1) is 17.7 Å². The third-order valence-electron chi connectivity index (χ3n) is 3.03. The third kappa shape index (κ3) is 1.44. The maximum absolute atomic E-state index is 6.07. The number of nitrogens with two attached hydrogens (primary N) is 1. The van der Waals surface area contributed by atoms with Gasteiger partial charge < -0.3 is 10.3 Å². The summed E-state index contributed by atoms with van der Waals surface area (Å²) < 4.78 is 2.13. The largest absolute Gasteiger partial charge is 0.333 e. The van der Waals surface area contributed by atoms with Gasteiger partial charge in [-0.1, -0.05) is 23.7 Å². The summed E-state index contributed by atoms with van der Waals surface area (Å²) in [6.07, 6.45) is 2.87. The predicted molar refractivity (Wildman–Crippen MR) is 64.2 cm³/mol. The Kier molecular flexibility index (Phi) is 2.23. The number of benzene rings is 1. The Morgan fingerprint density at radius 2 is 2.06 bits per heavy atom. The normalized spacial score (nSPS) is 18.8. The molecular formula is C12H12ClN3. The molecule has 4 heteroatoms. The van der Waals surface area contributed by atoms with Crippen LogP contribution in [0.15, 0.2) is 30.6 Å². The highest BCUT2D eigenvalue weighted by Gasteiger charge is 2.24. The van der Waals surface area contributed by atoms with Gasteiger partial charge >= 0.3 is 0 Å². The molecule has 0 spiro atoms. The van der Waals surface area contributed by atoms with E-state index in [0.29, 0.717) is 0 Å². The number of halogens is 1. The van der Waals surface area contributed by atoms with E-state index in [9.17, 15) is 0 Å². The lowest BCUT2D eigenvalue weighted by Gasteiger charge is -2.05. The molecule has 0 fully saturated rings. The van der Waals surface area contributed by atoms with Crippen molar-refractivity contribution in [2.45, 2.75) is 19.0 Å². The monoisotopic (exact) mass is 233 g/mol. The van der Waals surface area contributed by atoms with Crippen molar-refractivity contribution in [3.63, 3.8) is 0 Å². The molecule has 1 aliphatic rings. The molecule has 0 bridgehead atoms. The maximum atomic E-state index is 6.07. The highest BCUT2D eigenvalue weighted by molar-refractivity contribution is 6.30. The maximum Gasteiger partial charge on any atom is 0.0956 e. The lowest BCUT2D eigenvalue weighted by Crippen LogP contribution is -2.06. The van der Waals surface area contributed by atoms with Crippen molar-refractivity contribution in [2.75, 3.05) is 0 Å². The first-order valence-corrected chi connectivity index (χ1v) is 5.70. The summed E-state index contributed by atoms with van der Waals surface area (Å²) in [7, 11) is 0. The van der Waals surface area contributed by atoms with Gasteiger partial charge in [0.1, 0.15) is 0 Å². The Balaban J connectivity index is 2.11. The minimum atomic E-state index is 0.105. The summed E-state index contributed by atoms with van der Waals surface area (Å²) in [5.74, 6) is 0. The lowest BCUT2D eigenvalue weighted by atomic mass is 10.1. The summed E-state index contributed by atoms with van der Waals surface area (Å²) in [5, 5.41) is 0.740. The lowest BCUT2D eigenvalue weighted by molar-refractivity contribution is 0.679. The molecule has 2 N–H and O–H groups in total. The first-order valence-electron chi connectivity index (χ1n) is 5.32. The molecule has 1 aromatic heterocycles. The molecule has 0 amide bonds. The Labute approximate surface area is 98.9 Å². The quantitative estimate of drug-likeness (QED) is 0.823. The third-order valence-corrected chi connectivity index (χ3v) is 3.28. The number of aryl methyl sites for hydroxylation is 1. The van der Waals surface area contributed by atoms with Crippen LogP contribution in [0.25, 0.3) is 11.3 Å². The van der Waals surface area contributed by atoms with Crippen LogP contribution in [0.5, 0.6) is 0 Å². The minimum absolute atomic E-state index is 0.105. The summed E-state index contributed by atoms with van der Waals surface area (Å²) >= 11 is 5.87. The molecule has 2 aromatic rings. The minimum Gasteiger partial charge on any atom is -0.333 e. The molecule has 1 aromatic carbocycles. The molecule has 0 radical (unpaired) electrons. The Hall–Kier alpha value is -1.32. The van der Waals surface area contributed by atoms with Crippen LogP contribution in [0, 0.1) is 0 Å². The number of hydrogen-bond acceptors (Lipinski definition) is 2. The second-order valence-electron chi connectivity index (χ2n) is 4.07. The van der Waals surface area contributed by atoms with Crippen molar-refractivity contribution in [3.05, 3.63) is 41.3 Å². The zero-order valence-electron chi connectivity index (χ0n) is 8.73. The van der Waals surface area contributed by atoms with E-state index >= 15 is 0 Å². The fourth-order valence-electron chi connectivity index (χ4n) is 2.20. The second kappa shape index (κ2) is 3.61. The standard InChI is InChI=1S/C12H12ClN3/c13-9-3-1-8(2-4-9)11-12-10(14)5-6-16(12)7-15-11/h1-4,7,10H,5-6,14H2. The van der Waals surface area contributed by atoms with Crippen molar-refractivity contribution in [1.82, 2.24) is 9.55 Å². The fraction of sp³-hybridized carbons (Fsp3) is 0.250. The summed E-state index contributed by atoms with van der Waals surface area (Å²) in [6.45, 7) is 0.969. The average Bonchev–Trinajstić information content (AvgIpc) is 2.84. The van der Waals surface area contributed by atoms with Gasteiger partial charge in [-0.15, -0.1) is 0 Å². The van der Waals surface area contributed by atoms with Gasteiger partial charge in [-0.3, -0.25) is 0 Å². The van der Waals surface area contributed by atoms with Crippen LogP contribution in [0.1, 0.15) is 18.2 Å². The molecule has 1 unspecified atom stereocenters. The van der Waals surface area contributed by atoms with Gasteiger partial charge in [-0.2, -0.15) is 0 Å². The van der Waals surface area contributed by atoms with Crippen molar-refractivity contribution in [3.8, 4) is 11.3 Å². The van der Waals surface area contributed by atoms with Crippen molar-refractivity contribution in [2.24, 2.45) is 5.73 Å². The fourth-order valence-corrected chi connectivity index (χ4v) is 2.33. The molecule has 1 aliphatic heterocycles. The van der Waals surface area contributed by atoms with E-state index in [1.807, 2.05) is 30.6 Å². The molecular weight excluding hydrogens is 222 g/mol. The number of rotatable bonds is 1. The topological polar surface area (TPSA) is 43.8 Å². The number of aromatic nitrogens is 2. The molecule has 0 saturated carbocycles. The number of imidazole rings is 1. The van der Waals surface area contributed by atoms with E-state index in [1.54, 1.807) is 0 Å². The zero-order chi connectivity index (χ0) is 11.1. The molecule has 3 nitrogen and oxygen atoms in total. The summed E-state index contributed by atoms with van der Waals surface area (Å²) in [4.78, 5) is 4.43. The van der Waals surface area contributed by atoms with Crippen LogP contribution >= 0.6 is 11.6 Å². The smallest absolute Gasteiger partial charge is 0.0956 e. The predicted octanol–water partition coefficient (Wildman–Crippen LogP) is 2.61. The summed E-state index contributed by atoms with van der Waals surface area (Å²) in [6, 6.07) is 7.83. The van der Waals surface area contributed by atoms with Crippen molar-refractivity contribution >= 4 is 11.6 Å². The van der Waals surface area contributed by atoms with Crippen LogP contribution in [-0.4, -0.2) is 9.55 Å². The highest BCUT2D eigenvalue weighted by Crippen LogP contribution is 2.32. The zero-order valence-corrected chi connectivity index (χ0v) is 9.48. The molecule has 0 saturated heterocycles. The molecule has 1 atom stereocenters. The van der Waals surface area contributed by atoms with E-state index in [-0.39, 0.29) is 6.04 Å². The van der Waals surface area contributed by atoms with E-state index in [1.165, 1.54) is 0 Å². The Morgan fingerprint density at radius 1 is 1.31 bits per heavy atom. The van der Waals surface area contributed by atoms with E-state index in [2.05, 4.69) is 9.55 Å². The second-order valence-corrected chi connectivity index (χ2v) is 4.51. The molecule has 16 heavy (non-hydrogen) atoms. The molecule has 2 heterocycles. The van der Waals surface area contributed by atoms with E-state index in [4.69, 9.17) is 17.3 Å². The first kappa shape index (κ1) is 9.87. The first-order chi connectivity index (χ1) is 7.75. The van der Waals surface area contributed by atoms with Crippen LogP contribution < -0.4 is 5.73 Å². The SMILES string of the molecule is NC1CCn2cnc(-c3ccc(Cl)cc3)c21. The molecule has 3 rings (SSSR count). The number of nitrogens with zero attached hydrogens (tertiary/aromatic N) is 2. The van der Waals surface area contributed by atoms with Gasteiger partial charge in [0.25, 0.3) is 0 Å². The van der Waals surface area contributed by atoms with Crippen molar-refractivity contribution in [1.29, 1.82) is 0 Å². The van der Waals surface area contributed by atoms with E-state index in [0.717, 1.165) is 34.9 Å². The van der Waals surface area contributed by atoms with Crippen LogP contribution in [0.4, 0.5) is 0 Å². The van der Waals surface area contributed by atoms with Crippen LogP contribution in [-0.2, 0) is 6.54 Å². The number of hydrogen-bond donors (Lipinski definition) is 1. The van der Waals surface area contributed by atoms with Crippen LogP contribution in [0.3, 0.4) is 0 Å². The summed E-state index contributed by atoms with van der Waals surface area (Å²) in [5.41, 5.74) is 9.28.